The van der Waals surface area contributed by atoms with Crippen LogP contribution in [-0.2, 0) is 6.42 Å². The van der Waals surface area contributed by atoms with Gasteiger partial charge < -0.3 is 0 Å². The molecule has 0 saturated heterocycles. The van der Waals surface area contributed by atoms with E-state index in [0.717, 1.165) is 23.5 Å². The highest BCUT2D eigenvalue weighted by molar-refractivity contribution is 7.15. The molecule has 2 heterocycles. The molecule has 3 rings (SSSR count). The number of para-hydroxylation sites is 1. The summed E-state index contributed by atoms with van der Waals surface area (Å²) in [6.07, 6.45) is 3.28. The van der Waals surface area contributed by atoms with Crippen LogP contribution in [0.1, 0.15) is 28.8 Å². The van der Waals surface area contributed by atoms with Gasteiger partial charge in [0.2, 0.25) is 10.6 Å². The predicted octanol–water partition coefficient (Wildman–Crippen LogP) is 2.29. The van der Waals surface area contributed by atoms with Crippen molar-refractivity contribution in [3.05, 3.63) is 63.5 Å². The largest absolute Gasteiger partial charge is 0.295 e. The van der Waals surface area contributed by atoms with Gasteiger partial charge in [0.1, 0.15) is 5.01 Å². The second-order valence-electron chi connectivity index (χ2n) is 5.01. The van der Waals surface area contributed by atoms with E-state index in [0.29, 0.717) is 5.13 Å². The minimum atomic E-state index is -0.593. The van der Waals surface area contributed by atoms with Crippen molar-refractivity contribution < 1.29 is 4.79 Å². The van der Waals surface area contributed by atoms with E-state index in [1.54, 1.807) is 0 Å². The third-order valence-electron chi connectivity index (χ3n) is 3.20. The molecule has 0 bridgehead atoms. The number of benzene rings is 1. The summed E-state index contributed by atoms with van der Waals surface area (Å²) in [6.45, 7) is 2.04. The van der Waals surface area contributed by atoms with Crippen molar-refractivity contribution >= 4 is 22.4 Å². The lowest BCUT2D eigenvalue weighted by molar-refractivity contribution is 0.101. The standard InChI is InChI=1S/C16H15N5O2S/c1-2-6-13-18-19-16(24-13)17-15(23)14-12(22)9-10-21(20-14)11-7-4-3-5-8-11/h3-5,7-10H,2,6H2,1H3,(H,17,19,23). The van der Waals surface area contributed by atoms with E-state index in [1.165, 1.54) is 28.3 Å². The Hall–Kier alpha value is -2.87. The molecule has 0 atom stereocenters. The van der Waals surface area contributed by atoms with Crippen molar-refractivity contribution in [1.82, 2.24) is 20.0 Å². The lowest BCUT2D eigenvalue weighted by atomic mass is 10.3. The van der Waals surface area contributed by atoms with Crippen LogP contribution < -0.4 is 10.7 Å². The lowest BCUT2D eigenvalue weighted by Crippen LogP contribution is -2.25. The fraction of sp³-hybridized carbons (Fsp3) is 0.188. The van der Waals surface area contributed by atoms with Crippen LogP contribution >= 0.6 is 11.3 Å². The summed E-state index contributed by atoms with van der Waals surface area (Å²) in [7, 11) is 0. The average Bonchev–Trinajstić information content (AvgIpc) is 3.03. The molecule has 3 aromatic rings. The Bertz CT molecular complexity index is 904. The Labute approximate surface area is 142 Å². The average molecular weight is 341 g/mol. The molecule has 0 fully saturated rings. The van der Waals surface area contributed by atoms with Crippen LogP contribution in [-0.4, -0.2) is 25.9 Å². The highest BCUT2D eigenvalue weighted by Crippen LogP contribution is 2.16. The molecule has 122 valence electrons. The molecule has 0 aliphatic carbocycles. The molecular weight excluding hydrogens is 326 g/mol. The first-order valence-corrected chi connectivity index (χ1v) is 8.28. The maximum Gasteiger partial charge on any atom is 0.282 e. The molecule has 1 aromatic carbocycles. The zero-order chi connectivity index (χ0) is 16.9. The van der Waals surface area contributed by atoms with Crippen LogP contribution in [0.3, 0.4) is 0 Å². The number of hydrogen-bond donors (Lipinski definition) is 1. The number of nitrogens with one attached hydrogen (secondary N) is 1. The summed E-state index contributed by atoms with van der Waals surface area (Å²) in [6, 6.07) is 10.6. The summed E-state index contributed by atoms with van der Waals surface area (Å²) < 4.78 is 1.49. The molecule has 1 N–H and O–H groups in total. The smallest absolute Gasteiger partial charge is 0.282 e. The summed E-state index contributed by atoms with van der Waals surface area (Å²) in [5, 5.41) is 15.8. The minimum Gasteiger partial charge on any atom is -0.295 e. The van der Waals surface area contributed by atoms with E-state index >= 15 is 0 Å². The third kappa shape index (κ3) is 3.54. The number of carbonyl (C=O) groups is 1. The Morgan fingerprint density at radius 1 is 1.21 bits per heavy atom. The highest BCUT2D eigenvalue weighted by Gasteiger charge is 2.15. The molecule has 0 saturated carbocycles. The van der Waals surface area contributed by atoms with Crippen LogP contribution in [0.15, 0.2) is 47.4 Å². The predicted molar refractivity (Wildman–Crippen MR) is 91.7 cm³/mol. The number of rotatable bonds is 5. The Morgan fingerprint density at radius 2 is 2.00 bits per heavy atom. The maximum atomic E-state index is 12.3. The highest BCUT2D eigenvalue weighted by atomic mass is 32.1. The number of anilines is 1. The van der Waals surface area contributed by atoms with Crippen LogP contribution in [0.4, 0.5) is 5.13 Å². The fourth-order valence-corrected chi connectivity index (χ4v) is 2.90. The van der Waals surface area contributed by atoms with Gasteiger partial charge in [-0.3, -0.25) is 14.9 Å². The van der Waals surface area contributed by atoms with Crippen LogP contribution in [0.5, 0.6) is 0 Å². The molecule has 0 unspecified atom stereocenters. The Kier molecular flexibility index (Phi) is 4.76. The van der Waals surface area contributed by atoms with Gasteiger partial charge in [-0.25, -0.2) is 4.68 Å². The normalized spacial score (nSPS) is 10.5. The maximum absolute atomic E-state index is 12.3. The first kappa shape index (κ1) is 16.0. The van der Waals surface area contributed by atoms with Crippen LogP contribution in [0.25, 0.3) is 5.69 Å². The first-order chi connectivity index (χ1) is 11.7. The molecule has 0 radical (unpaired) electrons. The van der Waals surface area contributed by atoms with Gasteiger partial charge in [0, 0.05) is 18.7 Å². The van der Waals surface area contributed by atoms with Crippen molar-refractivity contribution in [2.24, 2.45) is 0 Å². The van der Waals surface area contributed by atoms with Gasteiger partial charge in [-0.2, -0.15) is 5.10 Å². The molecule has 7 nitrogen and oxygen atoms in total. The number of aromatic nitrogens is 4. The van der Waals surface area contributed by atoms with Gasteiger partial charge in [0.05, 0.1) is 5.69 Å². The number of carbonyl (C=O) groups excluding carboxylic acids is 1. The van der Waals surface area contributed by atoms with Crippen molar-refractivity contribution in [3.63, 3.8) is 0 Å². The second-order valence-corrected chi connectivity index (χ2v) is 6.08. The first-order valence-electron chi connectivity index (χ1n) is 7.46. The molecule has 0 spiro atoms. The zero-order valence-corrected chi connectivity index (χ0v) is 13.8. The van der Waals surface area contributed by atoms with E-state index in [2.05, 4.69) is 20.6 Å². The number of aryl methyl sites for hydroxylation is 1. The van der Waals surface area contributed by atoms with E-state index in [1.807, 2.05) is 37.3 Å². The van der Waals surface area contributed by atoms with Crippen LogP contribution in [0.2, 0.25) is 0 Å². The third-order valence-corrected chi connectivity index (χ3v) is 4.09. The fourth-order valence-electron chi connectivity index (χ4n) is 2.06. The quantitative estimate of drug-likeness (QED) is 0.769. The summed E-state index contributed by atoms with van der Waals surface area (Å²) in [5.74, 6) is -0.593. The minimum absolute atomic E-state index is 0.186. The monoisotopic (exact) mass is 341 g/mol. The molecule has 8 heteroatoms. The topological polar surface area (TPSA) is 89.8 Å². The number of nitrogens with zero attached hydrogens (tertiary/aromatic N) is 4. The van der Waals surface area contributed by atoms with Crippen molar-refractivity contribution in [3.8, 4) is 5.69 Å². The van der Waals surface area contributed by atoms with Gasteiger partial charge in [0.25, 0.3) is 5.91 Å². The lowest BCUT2D eigenvalue weighted by Gasteiger charge is -2.06. The molecule has 0 aliphatic heterocycles. The van der Waals surface area contributed by atoms with Gasteiger partial charge in [-0.05, 0) is 18.6 Å². The van der Waals surface area contributed by atoms with E-state index in [9.17, 15) is 9.59 Å². The molecule has 24 heavy (non-hydrogen) atoms. The van der Waals surface area contributed by atoms with E-state index in [4.69, 9.17) is 0 Å². The van der Waals surface area contributed by atoms with Crippen LogP contribution in [0, 0.1) is 0 Å². The number of amides is 1. The summed E-state index contributed by atoms with van der Waals surface area (Å²) in [5.41, 5.74) is 0.124. The van der Waals surface area contributed by atoms with E-state index < -0.39 is 11.3 Å². The van der Waals surface area contributed by atoms with Crippen molar-refractivity contribution in [2.45, 2.75) is 19.8 Å². The van der Waals surface area contributed by atoms with Gasteiger partial charge >= 0.3 is 0 Å². The van der Waals surface area contributed by atoms with E-state index in [-0.39, 0.29) is 5.69 Å². The Morgan fingerprint density at radius 3 is 2.75 bits per heavy atom. The van der Waals surface area contributed by atoms with Gasteiger partial charge in [-0.15, -0.1) is 10.2 Å². The molecule has 2 aromatic heterocycles. The van der Waals surface area contributed by atoms with Crippen molar-refractivity contribution in [2.75, 3.05) is 5.32 Å². The van der Waals surface area contributed by atoms with Gasteiger partial charge in [-0.1, -0.05) is 36.5 Å². The molecular formula is C16H15N5O2S. The second kappa shape index (κ2) is 7.14. The molecule has 0 aliphatic rings. The molecule has 1 amide bonds. The Balaban J connectivity index is 1.85. The van der Waals surface area contributed by atoms with Crippen molar-refractivity contribution in [1.29, 1.82) is 0 Å². The summed E-state index contributed by atoms with van der Waals surface area (Å²) >= 11 is 1.30. The van der Waals surface area contributed by atoms with Gasteiger partial charge in [0.15, 0.2) is 5.69 Å². The number of hydrogen-bond acceptors (Lipinski definition) is 6. The SMILES string of the molecule is CCCc1nnc(NC(=O)c2nn(-c3ccccc3)ccc2=O)s1. The summed E-state index contributed by atoms with van der Waals surface area (Å²) in [4.78, 5) is 24.3. The zero-order valence-electron chi connectivity index (χ0n) is 13.0.